The van der Waals surface area contributed by atoms with Crippen molar-refractivity contribution in [1.29, 1.82) is 0 Å². The van der Waals surface area contributed by atoms with Crippen molar-refractivity contribution < 1.29 is 13.2 Å². The molecule has 0 amide bonds. The lowest BCUT2D eigenvalue weighted by Crippen LogP contribution is -2.48. The number of hydrogen-bond donors (Lipinski definition) is 0. The molecule has 0 bridgehead atoms. The van der Waals surface area contributed by atoms with Gasteiger partial charge in [0.25, 0.3) is 0 Å². The molecule has 0 aromatic rings. The minimum Gasteiger partial charge on any atom is -0.298 e. The maximum absolute atomic E-state index is 12.1. The predicted octanol–water partition coefficient (Wildman–Crippen LogP) is 1.50. The minimum absolute atomic E-state index is 0.114. The third-order valence-electron chi connectivity index (χ3n) is 3.58. The van der Waals surface area contributed by atoms with Crippen LogP contribution < -0.4 is 0 Å². The Hall–Kier alpha value is -0.420. The van der Waals surface area contributed by atoms with Crippen molar-refractivity contribution in [1.82, 2.24) is 4.90 Å². The molecule has 1 unspecified atom stereocenters. The second-order valence-electron chi connectivity index (χ2n) is 4.78. The third kappa shape index (κ3) is 4.76. The number of sulfone groups is 1. The first-order valence-corrected chi connectivity index (χ1v) is 7.93. The average Bonchev–Trinajstić information content (AvgIpc) is 2.27. The van der Waals surface area contributed by atoms with E-state index in [-0.39, 0.29) is 17.3 Å². The lowest BCUT2D eigenvalue weighted by atomic mass is 9.89. The molecule has 1 atom stereocenters. The molecule has 0 aromatic heterocycles. The molecule has 0 saturated heterocycles. The molecule has 0 N–H and O–H groups in total. The third-order valence-corrected chi connectivity index (χ3v) is 5.37. The van der Waals surface area contributed by atoms with Crippen molar-refractivity contribution in [2.24, 2.45) is 0 Å². The molecule has 0 aromatic carbocycles. The minimum atomic E-state index is -2.95. The molecule has 0 aliphatic rings. The Morgan fingerprint density at radius 1 is 1.24 bits per heavy atom. The normalized spacial score (nSPS) is 15.9. The largest absolute Gasteiger partial charge is 0.298 e. The molecule has 0 heterocycles. The van der Waals surface area contributed by atoms with Crippen molar-refractivity contribution in [3.63, 3.8) is 0 Å². The van der Waals surface area contributed by atoms with Gasteiger partial charge in [-0.05, 0) is 33.9 Å². The Morgan fingerprint density at radius 2 is 1.76 bits per heavy atom. The van der Waals surface area contributed by atoms with Crippen molar-refractivity contribution in [3.8, 4) is 0 Å². The molecular weight excluding hydrogens is 238 g/mol. The fourth-order valence-corrected chi connectivity index (χ4v) is 2.50. The van der Waals surface area contributed by atoms with Gasteiger partial charge >= 0.3 is 0 Å². The van der Waals surface area contributed by atoms with Gasteiger partial charge in [-0.15, -0.1) is 0 Å². The van der Waals surface area contributed by atoms with Crippen molar-refractivity contribution in [2.45, 2.75) is 45.6 Å². The zero-order valence-corrected chi connectivity index (χ0v) is 12.4. The number of nitrogens with zero attached hydrogens (tertiary/aromatic N) is 1. The smallest absolute Gasteiger partial charge is 0.152 e. The molecule has 5 heteroatoms. The summed E-state index contributed by atoms with van der Waals surface area (Å²) in [5.74, 6) is 0.388. The van der Waals surface area contributed by atoms with E-state index in [1.807, 2.05) is 32.8 Å². The number of hydrogen-bond acceptors (Lipinski definition) is 4. The Morgan fingerprint density at radius 3 is 2.12 bits per heavy atom. The van der Waals surface area contributed by atoms with Gasteiger partial charge < -0.3 is 0 Å². The first-order chi connectivity index (χ1) is 7.69. The summed E-state index contributed by atoms with van der Waals surface area (Å²) in [6.45, 7) is 5.51. The summed E-state index contributed by atoms with van der Waals surface area (Å²) in [5, 5.41) is 0. The van der Waals surface area contributed by atoms with Crippen LogP contribution >= 0.6 is 0 Å². The Bertz CT molecular complexity index is 349. The summed E-state index contributed by atoms with van der Waals surface area (Å²) in [6, 6.07) is 0. The van der Waals surface area contributed by atoms with Gasteiger partial charge in [0.15, 0.2) is 5.78 Å². The van der Waals surface area contributed by atoms with Crippen LogP contribution in [0, 0.1) is 0 Å². The molecule has 0 fully saturated rings. The SMILES string of the molecule is CCC(C)(C(=O)CCCS(=O)(=O)CC)N(C)C. The number of ketones is 1. The highest BCUT2D eigenvalue weighted by atomic mass is 32.2. The van der Waals surface area contributed by atoms with E-state index < -0.39 is 15.4 Å². The number of Topliss-reactive ketones (excluding diaryl/α,β-unsaturated/α-hetero) is 1. The summed E-state index contributed by atoms with van der Waals surface area (Å²) in [6.07, 6.45) is 1.50. The van der Waals surface area contributed by atoms with Gasteiger partial charge in [-0.25, -0.2) is 8.42 Å². The van der Waals surface area contributed by atoms with Crippen molar-refractivity contribution in [2.75, 3.05) is 25.6 Å². The van der Waals surface area contributed by atoms with Crippen LogP contribution in [-0.2, 0) is 14.6 Å². The Balaban J connectivity index is 4.37. The van der Waals surface area contributed by atoms with Crippen LogP contribution in [0.15, 0.2) is 0 Å². The zero-order chi connectivity index (χ0) is 13.7. The van der Waals surface area contributed by atoms with E-state index in [0.29, 0.717) is 12.8 Å². The van der Waals surface area contributed by atoms with Gasteiger partial charge in [0.1, 0.15) is 9.84 Å². The quantitative estimate of drug-likeness (QED) is 0.666. The van der Waals surface area contributed by atoms with Gasteiger partial charge in [0.05, 0.1) is 11.3 Å². The Kier molecular flexibility index (Phi) is 6.34. The topological polar surface area (TPSA) is 54.5 Å². The number of carbonyl (C=O) groups excluding carboxylic acids is 1. The van der Waals surface area contributed by atoms with E-state index in [1.54, 1.807) is 6.92 Å². The lowest BCUT2D eigenvalue weighted by molar-refractivity contribution is -0.129. The summed E-state index contributed by atoms with van der Waals surface area (Å²) in [4.78, 5) is 14.0. The van der Waals surface area contributed by atoms with E-state index in [4.69, 9.17) is 0 Å². The predicted molar refractivity (Wildman–Crippen MR) is 71.0 cm³/mol. The van der Waals surface area contributed by atoms with Crippen LogP contribution in [0.2, 0.25) is 0 Å². The first-order valence-electron chi connectivity index (χ1n) is 6.10. The van der Waals surface area contributed by atoms with Gasteiger partial charge in [0, 0.05) is 12.2 Å². The molecule has 0 aliphatic carbocycles. The molecule has 0 spiro atoms. The van der Waals surface area contributed by atoms with Crippen LogP contribution in [0.1, 0.15) is 40.0 Å². The number of carbonyl (C=O) groups is 1. The number of rotatable bonds is 8. The van der Waals surface area contributed by atoms with E-state index >= 15 is 0 Å². The van der Waals surface area contributed by atoms with Crippen LogP contribution in [-0.4, -0.2) is 50.2 Å². The lowest BCUT2D eigenvalue weighted by Gasteiger charge is -2.34. The van der Waals surface area contributed by atoms with Gasteiger partial charge in [0.2, 0.25) is 0 Å². The van der Waals surface area contributed by atoms with E-state index in [1.165, 1.54) is 0 Å². The van der Waals surface area contributed by atoms with Crippen molar-refractivity contribution in [3.05, 3.63) is 0 Å². The van der Waals surface area contributed by atoms with Crippen LogP contribution in [0.3, 0.4) is 0 Å². The molecule has 0 radical (unpaired) electrons. The molecule has 17 heavy (non-hydrogen) atoms. The van der Waals surface area contributed by atoms with Gasteiger partial charge in [-0.2, -0.15) is 0 Å². The fourth-order valence-electron chi connectivity index (χ4n) is 1.63. The van der Waals surface area contributed by atoms with Crippen LogP contribution in [0.4, 0.5) is 0 Å². The molecule has 0 rings (SSSR count). The molecule has 0 aliphatic heterocycles. The van der Waals surface area contributed by atoms with E-state index in [2.05, 4.69) is 0 Å². The van der Waals surface area contributed by atoms with Gasteiger partial charge in [-0.1, -0.05) is 13.8 Å². The first kappa shape index (κ1) is 16.6. The van der Waals surface area contributed by atoms with E-state index in [9.17, 15) is 13.2 Å². The molecule has 0 saturated carbocycles. The monoisotopic (exact) mass is 263 g/mol. The average molecular weight is 263 g/mol. The maximum atomic E-state index is 12.1. The molecular formula is C12H25NO3S. The summed E-state index contributed by atoms with van der Waals surface area (Å²) in [7, 11) is 0.805. The molecule has 102 valence electrons. The van der Waals surface area contributed by atoms with Crippen LogP contribution in [0.5, 0.6) is 0 Å². The second-order valence-corrected chi connectivity index (χ2v) is 7.26. The highest BCUT2D eigenvalue weighted by Gasteiger charge is 2.32. The highest BCUT2D eigenvalue weighted by Crippen LogP contribution is 2.20. The molecule has 4 nitrogen and oxygen atoms in total. The maximum Gasteiger partial charge on any atom is 0.152 e. The highest BCUT2D eigenvalue weighted by molar-refractivity contribution is 7.91. The summed E-state index contributed by atoms with van der Waals surface area (Å²) < 4.78 is 22.6. The fraction of sp³-hybridized carbons (Fsp3) is 0.917. The van der Waals surface area contributed by atoms with Crippen LogP contribution in [0.25, 0.3) is 0 Å². The summed E-state index contributed by atoms with van der Waals surface area (Å²) in [5.41, 5.74) is -0.476. The van der Waals surface area contributed by atoms with E-state index in [0.717, 1.165) is 6.42 Å². The number of likely N-dealkylation sites (N-methyl/N-ethyl adjacent to an activating group) is 1. The van der Waals surface area contributed by atoms with Gasteiger partial charge in [-0.3, -0.25) is 9.69 Å². The Labute approximate surface area is 105 Å². The summed E-state index contributed by atoms with van der Waals surface area (Å²) >= 11 is 0. The second kappa shape index (κ2) is 6.50. The van der Waals surface area contributed by atoms with Crippen molar-refractivity contribution >= 4 is 15.6 Å². The zero-order valence-electron chi connectivity index (χ0n) is 11.6. The standard InChI is InChI=1S/C12H25NO3S/c1-6-12(3,13(4)5)11(14)9-8-10-17(15,16)7-2/h6-10H2,1-5H3.